The first-order valence-electron chi connectivity index (χ1n) is 5.71. The van der Waals surface area contributed by atoms with Gasteiger partial charge in [0.2, 0.25) is 5.91 Å². The first-order chi connectivity index (χ1) is 6.70. The summed E-state index contributed by atoms with van der Waals surface area (Å²) >= 11 is 0. The summed E-state index contributed by atoms with van der Waals surface area (Å²) in [6.45, 7) is 6.15. The first-order valence-corrected chi connectivity index (χ1v) is 5.71. The number of hydrogen-bond donors (Lipinski definition) is 2. The second kappa shape index (κ2) is 6.02. The van der Waals surface area contributed by atoms with E-state index in [1.54, 1.807) is 0 Å². The van der Waals surface area contributed by atoms with Gasteiger partial charge in [-0.1, -0.05) is 20.3 Å². The molecular formula is C11H22N2O. The maximum atomic E-state index is 11.6. The quantitative estimate of drug-likeness (QED) is 0.714. The van der Waals surface area contributed by atoms with E-state index in [1.807, 2.05) is 0 Å². The SMILES string of the molecule is CC(C)CCNC(=O)C1CCCCN1. The second-order valence-electron chi connectivity index (χ2n) is 4.48. The molecule has 1 aliphatic rings. The molecule has 0 bridgehead atoms. The highest BCUT2D eigenvalue weighted by molar-refractivity contribution is 5.81. The topological polar surface area (TPSA) is 41.1 Å². The Balaban J connectivity index is 2.13. The van der Waals surface area contributed by atoms with Gasteiger partial charge in [-0.25, -0.2) is 0 Å². The standard InChI is InChI=1S/C11H22N2O/c1-9(2)6-8-13-11(14)10-5-3-4-7-12-10/h9-10,12H,3-8H2,1-2H3,(H,13,14). The van der Waals surface area contributed by atoms with E-state index in [-0.39, 0.29) is 11.9 Å². The molecule has 1 amide bonds. The molecule has 0 radical (unpaired) electrons. The molecule has 14 heavy (non-hydrogen) atoms. The molecule has 1 atom stereocenters. The third-order valence-electron chi connectivity index (χ3n) is 2.65. The van der Waals surface area contributed by atoms with Crippen LogP contribution in [0.3, 0.4) is 0 Å². The number of carbonyl (C=O) groups is 1. The van der Waals surface area contributed by atoms with Gasteiger partial charge in [0, 0.05) is 6.54 Å². The van der Waals surface area contributed by atoms with Crippen molar-refractivity contribution in [3.8, 4) is 0 Å². The first kappa shape index (κ1) is 11.5. The predicted molar refractivity (Wildman–Crippen MR) is 58.1 cm³/mol. The van der Waals surface area contributed by atoms with Crippen LogP contribution in [-0.2, 0) is 4.79 Å². The lowest BCUT2D eigenvalue weighted by molar-refractivity contribution is -0.123. The Labute approximate surface area is 86.6 Å². The molecule has 1 rings (SSSR count). The van der Waals surface area contributed by atoms with Gasteiger partial charge in [0.05, 0.1) is 6.04 Å². The Morgan fingerprint density at radius 3 is 2.86 bits per heavy atom. The van der Waals surface area contributed by atoms with Crippen LogP contribution in [0.15, 0.2) is 0 Å². The number of hydrogen-bond acceptors (Lipinski definition) is 2. The minimum absolute atomic E-state index is 0.0657. The van der Waals surface area contributed by atoms with Crippen LogP contribution < -0.4 is 10.6 Å². The summed E-state index contributed by atoms with van der Waals surface area (Å²) in [6.07, 6.45) is 4.44. The van der Waals surface area contributed by atoms with Crippen molar-refractivity contribution in [3.63, 3.8) is 0 Å². The molecule has 0 spiro atoms. The Hall–Kier alpha value is -0.570. The van der Waals surface area contributed by atoms with Gasteiger partial charge in [0.25, 0.3) is 0 Å². The molecule has 1 fully saturated rings. The summed E-state index contributed by atoms with van der Waals surface area (Å²) in [7, 11) is 0. The van der Waals surface area contributed by atoms with Gasteiger partial charge < -0.3 is 10.6 Å². The average Bonchev–Trinajstić information content (AvgIpc) is 2.18. The molecule has 0 aromatic carbocycles. The fraction of sp³-hybridized carbons (Fsp3) is 0.909. The highest BCUT2D eigenvalue weighted by Gasteiger charge is 2.19. The van der Waals surface area contributed by atoms with E-state index in [0.29, 0.717) is 5.92 Å². The zero-order valence-corrected chi connectivity index (χ0v) is 9.31. The Morgan fingerprint density at radius 1 is 1.50 bits per heavy atom. The molecule has 3 nitrogen and oxygen atoms in total. The maximum absolute atomic E-state index is 11.6. The van der Waals surface area contributed by atoms with Crippen molar-refractivity contribution >= 4 is 5.91 Å². The Bertz CT molecular complexity index is 174. The maximum Gasteiger partial charge on any atom is 0.237 e. The van der Waals surface area contributed by atoms with Gasteiger partial charge in [-0.3, -0.25) is 4.79 Å². The van der Waals surface area contributed by atoms with E-state index in [9.17, 15) is 4.79 Å². The number of carbonyl (C=O) groups excluding carboxylic acids is 1. The molecule has 0 aromatic heterocycles. The highest BCUT2D eigenvalue weighted by atomic mass is 16.2. The van der Waals surface area contributed by atoms with Crippen molar-refractivity contribution in [3.05, 3.63) is 0 Å². The van der Waals surface area contributed by atoms with Gasteiger partial charge in [-0.15, -0.1) is 0 Å². The zero-order chi connectivity index (χ0) is 10.4. The van der Waals surface area contributed by atoms with Crippen LogP contribution in [-0.4, -0.2) is 25.0 Å². The Kier molecular flexibility index (Phi) is 4.94. The highest BCUT2D eigenvalue weighted by Crippen LogP contribution is 2.06. The molecule has 0 aliphatic carbocycles. The normalized spacial score (nSPS) is 22.4. The fourth-order valence-corrected chi connectivity index (χ4v) is 1.68. The van der Waals surface area contributed by atoms with Gasteiger partial charge in [0.1, 0.15) is 0 Å². The van der Waals surface area contributed by atoms with Crippen LogP contribution in [0.25, 0.3) is 0 Å². The van der Waals surface area contributed by atoms with Crippen LogP contribution in [0.5, 0.6) is 0 Å². The largest absolute Gasteiger partial charge is 0.355 e. The number of piperidine rings is 1. The van der Waals surface area contributed by atoms with Crippen LogP contribution >= 0.6 is 0 Å². The van der Waals surface area contributed by atoms with E-state index >= 15 is 0 Å². The third kappa shape index (κ3) is 4.09. The number of nitrogens with one attached hydrogen (secondary N) is 2. The van der Waals surface area contributed by atoms with Gasteiger partial charge in [-0.2, -0.15) is 0 Å². The van der Waals surface area contributed by atoms with Crippen molar-refractivity contribution in [2.24, 2.45) is 5.92 Å². The van der Waals surface area contributed by atoms with E-state index < -0.39 is 0 Å². The molecule has 2 N–H and O–H groups in total. The van der Waals surface area contributed by atoms with Crippen molar-refractivity contribution in [2.45, 2.75) is 45.6 Å². The zero-order valence-electron chi connectivity index (χ0n) is 9.31. The van der Waals surface area contributed by atoms with E-state index in [4.69, 9.17) is 0 Å². The number of rotatable bonds is 4. The second-order valence-corrected chi connectivity index (χ2v) is 4.48. The van der Waals surface area contributed by atoms with Crippen molar-refractivity contribution in [1.29, 1.82) is 0 Å². The molecule has 0 saturated carbocycles. The predicted octanol–water partition coefficient (Wildman–Crippen LogP) is 1.29. The van der Waals surface area contributed by atoms with E-state index in [2.05, 4.69) is 24.5 Å². The lowest BCUT2D eigenvalue weighted by Gasteiger charge is -2.22. The minimum atomic E-state index is 0.0657. The summed E-state index contributed by atoms with van der Waals surface area (Å²) in [5.74, 6) is 0.847. The summed E-state index contributed by atoms with van der Waals surface area (Å²) in [5.41, 5.74) is 0. The third-order valence-corrected chi connectivity index (χ3v) is 2.65. The summed E-state index contributed by atoms with van der Waals surface area (Å²) in [5, 5.41) is 6.23. The average molecular weight is 198 g/mol. The molecule has 1 saturated heterocycles. The lowest BCUT2D eigenvalue weighted by Crippen LogP contribution is -2.46. The summed E-state index contributed by atoms with van der Waals surface area (Å²) in [6, 6.07) is 0.0657. The minimum Gasteiger partial charge on any atom is -0.355 e. The van der Waals surface area contributed by atoms with Gasteiger partial charge in [-0.05, 0) is 31.7 Å². The molecule has 0 aromatic rings. The van der Waals surface area contributed by atoms with Crippen LogP contribution in [0.4, 0.5) is 0 Å². The monoisotopic (exact) mass is 198 g/mol. The summed E-state index contributed by atoms with van der Waals surface area (Å²) < 4.78 is 0. The van der Waals surface area contributed by atoms with Crippen LogP contribution in [0.1, 0.15) is 39.5 Å². The summed E-state index contributed by atoms with van der Waals surface area (Å²) in [4.78, 5) is 11.6. The van der Waals surface area contributed by atoms with Crippen LogP contribution in [0, 0.1) is 5.92 Å². The lowest BCUT2D eigenvalue weighted by atomic mass is 10.0. The molecule has 1 unspecified atom stereocenters. The smallest absolute Gasteiger partial charge is 0.237 e. The molecule has 3 heteroatoms. The van der Waals surface area contributed by atoms with Crippen molar-refractivity contribution < 1.29 is 4.79 Å². The van der Waals surface area contributed by atoms with Gasteiger partial charge in [0.15, 0.2) is 0 Å². The molecule has 1 heterocycles. The van der Waals surface area contributed by atoms with Crippen molar-refractivity contribution in [1.82, 2.24) is 10.6 Å². The Morgan fingerprint density at radius 2 is 2.29 bits per heavy atom. The van der Waals surface area contributed by atoms with E-state index in [0.717, 1.165) is 25.9 Å². The molecule has 1 aliphatic heterocycles. The van der Waals surface area contributed by atoms with Crippen LogP contribution in [0.2, 0.25) is 0 Å². The van der Waals surface area contributed by atoms with E-state index in [1.165, 1.54) is 12.8 Å². The molecular weight excluding hydrogens is 176 g/mol. The fourth-order valence-electron chi connectivity index (χ4n) is 1.68. The number of amides is 1. The van der Waals surface area contributed by atoms with Crippen molar-refractivity contribution in [2.75, 3.05) is 13.1 Å². The molecule has 82 valence electrons. The van der Waals surface area contributed by atoms with Gasteiger partial charge >= 0.3 is 0 Å².